The number of benzene rings is 1. The molecule has 0 aliphatic rings. The number of hydrogen-bond acceptors (Lipinski definition) is 5. The van der Waals surface area contributed by atoms with E-state index in [4.69, 9.17) is 4.74 Å². The molecule has 0 unspecified atom stereocenters. The third kappa shape index (κ3) is 10.7. The maximum Gasteiger partial charge on any atom is 0.269 e. The Hall–Kier alpha value is -1.95. The first-order valence-corrected chi connectivity index (χ1v) is 8.47. The number of carbonyl (C=O) groups is 1. The van der Waals surface area contributed by atoms with E-state index in [9.17, 15) is 14.9 Å². The van der Waals surface area contributed by atoms with Crippen LogP contribution in [0.2, 0.25) is 0 Å². The van der Waals surface area contributed by atoms with Crippen LogP contribution in [-0.2, 0) is 16.1 Å². The van der Waals surface area contributed by atoms with Gasteiger partial charge in [0.2, 0.25) is 5.91 Å². The number of hydrogen-bond donors (Lipinski definition) is 2. The van der Waals surface area contributed by atoms with Crippen molar-refractivity contribution in [3.8, 4) is 0 Å². The summed E-state index contributed by atoms with van der Waals surface area (Å²) >= 11 is 0. The molecule has 0 spiro atoms. The summed E-state index contributed by atoms with van der Waals surface area (Å²) in [7, 11) is 3.38. The molecule has 9 nitrogen and oxygen atoms in total. The number of amides is 1. The van der Waals surface area contributed by atoms with Crippen LogP contribution in [0.25, 0.3) is 0 Å². The monoisotopic (exact) mass is 493 g/mol. The van der Waals surface area contributed by atoms with E-state index < -0.39 is 4.92 Å². The summed E-state index contributed by atoms with van der Waals surface area (Å²) in [5, 5.41) is 16.8. The summed E-state index contributed by atoms with van der Waals surface area (Å²) in [5.74, 6) is 0.444. The number of nitrogens with zero attached hydrogens (tertiary/aromatic N) is 3. The molecular weight excluding hydrogens is 465 g/mol. The summed E-state index contributed by atoms with van der Waals surface area (Å²) in [4.78, 5) is 27.9. The molecular formula is C17H28IN5O4. The highest BCUT2D eigenvalue weighted by molar-refractivity contribution is 14.0. The number of nitro benzene ring substituents is 1. The summed E-state index contributed by atoms with van der Waals surface area (Å²) in [5.41, 5.74) is 0.881. The fourth-order valence-electron chi connectivity index (χ4n) is 1.91. The van der Waals surface area contributed by atoms with Gasteiger partial charge in [-0.1, -0.05) is 12.1 Å². The van der Waals surface area contributed by atoms with Crippen LogP contribution < -0.4 is 10.6 Å². The number of carbonyl (C=O) groups excluding carboxylic acids is 1. The number of nitrogens with one attached hydrogen (secondary N) is 2. The minimum absolute atomic E-state index is 0. The van der Waals surface area contributed by atoms with Gasteiger partial charge in [0.25, 0.3) is 5.69 Å². The summed E-state index contributed by atoms with van der Waals surface area (Å²) in [6.07, 6.45) is 0.813. The van der Waals surface area contributed by atoms with Crippen LogP contribution in [0.3, 0.4) is 0 Å². The van der Waals surface area contributed by atoms with E-state index in [1.165, 1.54) is 17.0 Å². The fourth-order valence-corrected chi connectivity index (χ4v) is 1.91. The molecule has 0 saturated heterocycles. The van der Waals surface area contributed by atoms with E-state index in [0.29, 0.717) is 32.3 Å². The highest BCUT2D eigenvalue weighted by atomic mass is 127. The Morgan fingerprint density at radius 3 is 2.48 bits per heavy atom. The molecule has 0 heterocycles. The molecule has 0 radical (unpaired) electrons. The Kier molecular flexibility index (Phi) is 13.1. The largest absolute Gasteiger partial charge is 0.382 e. The molecule has 1 aromatic carbocycles. The van der Waals surface area contributed by atoms with E-state index >= 15 is 0 Å². The lowest BCUT2D eigenvalue weighted by atomic mass is 10.2. The first-order valence-electron chi connectivity index (χ1n) is 8.47. The number of rotatable bonds is 10. The predicted molar refractivity (Wildman–Crippen MR) is 115 cm³/mol. The van der Waals surface area contributed by atoms with Crippen LogP contribution in [-0.4, -0.2) is 62.1 Å². The third-order valence-electron chi connectivity index (χ3n) is 3.43. The highest BCUT2D eigenvalue weighted by Gasteiger charge is 2.07. The van der Waals surface area contributed by atoms with E-state index in [0.717, 1.165) is 12.0 Å². The Balaban J connectivity index is 0.00000676. The zero-order chi connectivity index (χ0) is 19.4. The van der Waals surface area contributed by atoms with Crippen LogP contribution in [0.15, 0.2) is 29.3 Å². The quantitative estimate of drug-likeness (QED) is 0.128. The van der Waals surface area contributed by atoms with Crippen molar-refractivity contribution >= 4 is 41.5 Å². The molecule has 0 aromatic heterocycles. The maximum absolute atomic E-state index is 11.7. The highest BCUT2D eigenvalue weighted by Crippen LogP contribution is 2.12. The summed E-state index contributed by atoms with van der Waals surface area (Å²) in [6, 6.07) is 6.23. The number of guanidine groups is 1. The average molecular weight is 493 g/mol. The van der Waals surface area contributed by atoms with Gasteiger partial charge < -0.3 is 20.3 Å². The van der Waals surface area contributed by atoms with Gasteiger partial charge in [0.15, 0.2) is 5.96 Å². The summed E-state index contributed by atoms with van der Waals surface area (Å²) in [6.45, 7) is 4.40. The number of non-ortho nitro benzene ring substituents is 1. The predicted octanol–water partition coefficient (Wildman–Crippen LogP) is 1.76. The van der Waals surface area contributed by atoms with Gasteiger partial charge in [-0.05, 0) is 18.9 Å². The molecule has 1 aromatic rings. The van der Waals surface area contributed by atoms with Crippen molar-refractivity contribution in [2.45, 2.75) is 19.9 Å². The Morgan fingerprint density at radius 2 is 1.93 bits per heavy atom. The smallest absolute Gasteiger partial charge is 0.269 e. The van der Waals surface area contributed by atoms with Gasteiger partial charge in [-0.25, -0.2) is 4.99 Å². The molecule has 10 heteroatoms. The molecule has 0 bridgehead atoms. The SMILES string of the molecule is CCOCCCNC(=NCc1ccc([N+](=O)[O-])cc1)NCC(=O)N(C)C.I. The molecule has 1 rings (SSSR count). The number of halogens is 1. The minimum atomic E-state index is -0.438. The first kappa shape index (κ1) is 25.1. The molecule has 0 aliphatic heterocycles. The van der Waals surface area contributed by atoms with Crippen molar-refractivity contribution in [2.75, 3.05) is 40.4 Å². The van der Waals surface area contributed by atoms with E-state index in [1.54, 1.807) is 26.2 Å². The van der Waals surface area contributed by atoms with E-state index in [2.05, 4.69) is 15.6 Å². The molecule has 27 heavy (non-hydrogen) atoms. The lowest BCUT2D eigenvalue weighted by molar-refractivity contribution is -0.384. The molecule has 1 amide bonds. The van der Waals surface area contributed by atoms with E-state index in [-0.39, 0.29) is 42.1 Å². The average Bonchev–Trinajstić information content (AvgIpc) is 2.63. The Labute approximate surface area is 176 Å². The first-order chi connectivity index (χ1) is 12.4. The molecule has 0 atom stereocenters. The fraction of sp³-hybridized carbons (Fsp3) is 0.529. The molecule has 0 fully saturated rings. The minimum Gasteiger partial charge on any atom is -0.382 e. The standard InChI is InChI=1S/C17H27N5O4.HI/c1-4-26-11-5-10-18-17(20-13-16(23)21(2)3)19-12-14-6-8-15(9-7-14)22(24)25;/h6-9H,4-5,10-13H2,1-3H3,(H2,18,19,20);1H. The van der Waals surface area contributed by atoms with E-state index in [1.807, 2.05) is 6.92 Å². The molecule has 2 N–H and O–H groups in total. The van der Waals surface area contributed by atoms with Gasteiger partial charge in [-0.15, -0.1) is 24.0 Å². The molecule has 0 aliphatic carbocycles. The molecule has 152 valence electrons. The lowest BCUT2D eigenvalue weighted by Gasteiger charge is -2.15. The van der Waals surface area contributed by atoms with Gasteiger partial charge >= 0.3 is 0 Å². The normalized spacial score (nSPS) is 10.7. The maximum atomic E-state index is 11.7. The third-order valence-corrected chi connectivity index (χ3v) is 3.43. The topological polar surface area (TPSA) is 109 Å². The van der Waals surface area contributed by atoms with Gasteiger partial charge in [-0.2, -0.15) is 0 Å². The van der Waals surface area contributed by atoms with Gasteiger partial charge in [-0.3, -0.25) is 14.9 Å². The zero-order valence-corrected chi connectivity index (χ0v) is 18.3. The van der Waals surface area contributed by atoms with Crippen LogP contribution in [0, 0.1) is 10.1 Å². The van der Waals surface area contributed by atoms with Gasteiger partial charge in [0, 0.05) is 46.0 Å². The van der Waals surface area contributed by atoms with Gasteiger partial charge in [0.1, 0.15) is 0 Å². The second kappa shape index (κ2) is 14.2. The van der Waals surface area contributed by atoms with Crippen molar-refractivity contribution in [3.63, 3.8) is 0 Å². The lowest BCUT2D eigenvalue weighted by Crippen LogP contribution is -2.43. The second-order valence-corrected chi connectivity index (χ2v) is 5.71. The van der Waals surface area contributed by atoms with Crippen molar-refractivity contribution in [3.05, 3.63) is 39.9 Å². The van der Waals surface area contributed by atoms with Crippen molar-refractivity contribution in [1.29, 1.82) is 0 Å². The Morgan fingerprint density at radius 1 is 1.26 bits per heavy atom. The Bertz CT molecular complexity index is 608. The van der Waals surface area contributed by atoms with Crippen LogP contribution in [0.1, 0.15) is 18.9 Å². The number of ether oxygens (including phenoxy) is 1. The van der Waals surface area contributed by atoms with Crippen molar-refractivity contribution in [1.82, 2.24) is 15.5 Å². The number of nitro groups is 1. The van der Waals surface area contributed by atoms with Crippen molar-refractivity contribution in [2.24, 2.45) is 4.99 Å². The van der Waals surface area contributed by atoms with Crippen molar-refractivity contribution < 1.29 is 14.5 Å². The number of aliphatic imine (C=N–C) groups is 1. The van der Waals surface area contributed by atoms with Gasteiger partial charge in [0.05, 0.1) is 18.0 Å². The number of likely N-dealkylation sites (N-methyl/N-ethyl adjacent to an activating group) is 1. The van der Waals surface area contributed by atoms with Crippen LogP contribution in [0.5, 0.6) is 0 Å². The zero-order valence-electron chi connectivity index (χ0n) is 15.9. The van der Waals surface area contributed by atoms with Crippen LogP contribution in [0.4, 0.5) is 5.69 Å². The second-order valence-electron chi connectivity index (χ2n) is 5.71. The molecule has 0 saturated carbocycles. The summed E-state index contributed by atoms with van der Waals surface area (Å²) < 4.78 is 5.29. The van der Waals surface area contributed by atoms with Crippen LogP contribution >= 0.6 is 24.0 Å².